The van der Waals surface area contributed by atoms with Crippen LogP contribution >= 0.6 is 12.6 Å². The number of aryl methyl sites for hydroxylation is 1. The van der Waals surface area contributed by atoms with Gasteiger partial charge in [0.15, 0.2) is 0 Å². The Morgan fingerprint density at radius 3 is 2.44 bits per heavy atom. The van der Waals surface area contributed by atoms with Gasteiger partial charge < -0.3 is 15.8 Å². The molecule has 0 aliphatic rings. The van der Waals surface area contributed by atoms with Crippen LogP contribution in [0.15, 0.2) is 42.5 Å². The zero-order valence-corrected chi connectivity index (χ0v) is 21.5. The molecule has 2 heterocycles. The molecule has 1 atom stereocenters. The maximum atomic E-state index is 12.1. The van der Waals surface area contributed by atoms with Gasteiger partial charge in [-0.25, -0.2) is 9.97 Å². The first-order chi connectivity index (χ1) is 17.0. The van der Waals surface area contributed by atoms with E-state index in [4.69, 9.17) is 10.5 Å². The van der Waals surface area contributed by atoms with E-state index in [9.17, 15) is 14.9 Å². The zero-order chi connectivity index (χ0) is 26.5. The van der Waals surface area contributed by atoms with Gasteiger partial charge in [-0.05, 0) is 45.0 Å². The molecule has 3 N–H and O–H groups in total. The van der Waals surface area contributed by atoms with Crippen LogP contribution in [0.1, 0.15) is 62.1 Å². The van der Waals surface area contributed by atoms with Crippen molar-refractivity contribution in [1.29, 1.82) is 5.26 Å². The number of carbonyl (C=O) groups excluding carboxylic acids is 2. The molecule has 0 spiro atoms. The van der Waals surface area contributed by atoms with E-state index in [1.807, 2.05) is 32.9 Å². The van der Waals surface area contributed by atoms with Crippen LogP contribution in [0.5, 0.6) is 0 Å². The second-order valence-electron chi connectivity index (χ2n) is 9.10. The summed E-state index contributed by atoms with van der Waals surface area (Å²) in [5.41, 5.74) is 8.60. The summed E-state index contributed by atoms with van der Waals surface area (Å²) in [6.45, 7) is 6.89. The van der Waals surface area contributed by atoms with E-state index < -0.39 is 10.9 Å². The lowest BCUT2D eigenvalue weighted by atomic mass is 10.1. The third-order valence-corrected chi connectivity index (χ3v) is 5.40. The Bertz CT molecular complexity index is 1310. The number of thiol groups is 1. The lowest BCUT2D eigenvalue weighted by Gasteiger charge is -2.19. The predicted molar refractivity (Wildman–Crippen MR) is 140 cm³/mol. The minimum Gasteiger partial charge on any atom is -0.460 e. The van der Waals surface area contributed by atoms with Gasteiger partial charge in [0.25, 0.3) is 0 Å². The molecule has 1 unspecified atom stereocenters. The lowest BCUT2D eigenvalue weighted by Crippen LogP contribution is -2.24. The van der Waals surface area contributed by atoms with Crippen molar-refractivity contribution < 1.29 is 14.3 Å². The summed E-state index contributed by atoms with van der Waals surface area (Å²) in [7, 11) is 0. The summed E-state index contributed by atoms with van der Waals surface area (Å²) in [6.07, 6.45) is 0.607. The number of rotatable bonds is 7. The average molecular weight is 505 g/mol. The predicted octanol–water partition coefficient (Wildman–Crippen LogP) is 4.24. The molecular formula is C26H28N6O3S. The normalized spacial score (nSPS) is 11.9. The van der Waals surface area contributed by atoms with E-state index in [1.54, 1.807) is 30.3 Å². The summed E-state index contributed by atoms with van der Waals surface area (Å²) in [5, 5.41) is 11.7. The fourth-order valence-electron chi connectivity index (χ4n) is 3.40. The first kappa shape index (κ1) is 26.6. The van der Waals surface area contributed by atoms with Gasteiger partial charge in [0.1, 0.15) is 34.1 Å². The number of nitrogens with two attached hydrogens (primary N) is 1. The van der Waals surface area contributed by atoms with Crippen molar-refractivity contribution in [3.8, 4) is 17.3 Å². The van der Waals surface area contributed by atoms with E-state index in [-0.39, 0.29) is 35.5 Å². The van der Waals surface area contributed by atoms with Gasteiger partial charge in [-0.3, -0.25) is 14.6 Å². The Hall–Kier alpha value is -3.97. The van der Waals surface area contributed by atoms with Crippen LogP contribution < -0.4 is 11.1 Å². The van der Waals surface area contributed by atoms with Gasteiger partial charge >= 0.3 is 5.97 Å². The molecule has 0 radical (unpaired) electrons. The molecular weight excluding hydrogens is 476 g/mol. The molecule has 1 amide bonds. The molecule has 0 aliphatic heterocycles. The van der Waals surface area contributed by atoms with E-state index in [0.29, 0.717) is 34.8 Å². The Morgan fingerprint density at radius 1 is 1.14 bits per heavy atom. The standard InChI is InChI=1S/C26H28N6O3S/c1-15(33)29-18-10-8-16(9-11-18)22-19(14-27)24(28)32-25(31-22)23(36)20-7-5-6-17(30-20)12-13-21(34)35-26(2,3)4/h5-11,23,36H,12-13H2,1-4H3,(H,29,33)(H2,28,31,32). The highest BCUT2D eigenvalue weighted by atomic mass is 32.1. The van der Waals surface area contributed by atoms with Crippen molar-refractivity contribution in [3.63, 3.8) is 0 Å². The molecule has 0 bridgehead atoms. The molecule has 0 fully saturated rings. The van der Waals surface area contributed by atoms with Gasteiger partial charge in [-0.2, -0.15) is 17.9 Å². The topological polar surface area (TPSA) is 144 Å². The quantitative estimate of drug-likeness (QED) is 0.320. The third-order valence-electron chi connectivity index (χ3n) is 4.90. The monoisotopic (exact) mass is 504 g/mol. The number of hydrogen-bond donors (Lipinski definition) is 3. The first-order valence-corrected chi connectivity index (χ1v) is 11.8. The first-order valence-electron chi connectivity index (χ1n) is 11.3. The Labute approximate surface area is 215 Å². The van der Waals surface area contributed by atoms with Gasteiger partial charge in [0.2, 0.25) is 5.91 Å². The zero-order valence-electron chi connectivity index (χ0n) is 20.6. The Balaban J connectivity index is 1.87. The van der Waals surface area contributed by atoms with E-state index in [2.05, 4.69) is 39.0 Å². The Kier molecular flexibility index (Phi) is 8.27. The molecule has 186 valence electrons. The number of nitrogen functional groups attached to an aromatic ring is 1. The van der Waals surface area contributed by atoms with Crippen LogP contribution in [0.25, 0.3) is 11.3 Å². The van der Waals surface area contributed by atoms with Crippen LogP contribution in [0.4, 0.5) is 11.5 Å². The van der Waals surface area contributed by atoms with Crippen LogP contribution in [0.2, 0.25) is 0 Å². The van der Waals surface area contributed by atoms with Crippen molar-refractivity contribution in [2.45, 2.75) is 51.4 Å². The van der Waals surface area contributed by atoms with Gasteiger partial charge in [0, 0.05) is 30.3 Å². The molecule has 1 aromatic carbocycles. The van der Waals surface area contributed by atoms with Gasteiger partial charge in [-0.15, -0.1) is 0 Å². The molecule has 3 rings (SSSR count). The molecule has 0 aliphatic carbocycles. The largest absolute Gasteiger partial charge is 0.460 e. The Morgan fingerprint density at radius 2 is 1.83 bits per heavy atom. The number of nitriles is 1. The molecule has 9 nitrogen and oxygen atoms in total. The summed E-state index contributed by atoms with van der Waals surface area (Å²) in [4.78, 5) is 36.9. The number of aromatic nitrogens is 3. The third kappa shape index (κ3) is 7.02. The maximum Gasteiger partial charge on any atom is 0.306 e. The number of ether oxygens (including phenoxy) is 1. The lowest BCUT2D eigenvalue weighted by molar-refractivity contribution is -0.154. The van der Waals surface area contributed by atoms with Crippen molar-refractivity contribution >= 4 is 36.0 Å². The highest BCUT2D eigenvalue weighted by Gasteiger charge is 2.21. The summed E-state index contributed by atoms with van der Waals surface area (Å²) in [6, 6.07) is 14.4. The van der Waals surface area contributed by atoms with Crippen LogP contribution in [-0.2, 0) is 20.7 Å². The van der Waals surface area contributed by atoms with Crippen LogP contribution in [0, 0.1) is 11.3 Å². The number of carbonyl (C=O) groups is 2. The van der Waals surface area contributed by atoms with Gasteiger partial charge in [-0.1, -0.05) is 18.2 Å². The van der Waals surface area contributed by atoms with Gasteiger partial charge in [0.05, 0.1) is 17.8 Å². The van der Waals surface area contributed by atoms with Crippen molar-refractivity contribution in [3.05, 3.63) is 65.2 Å². The summed E-state index contributed by atoms with van der Waals surface area (Å²) in [5.74, 6) is -0.168. The minimum absolute atomic E-state index is 0.0311. The second-order valence-corrected chi connectivity index (χ2v) is 9.62. The molecule has 10 heteroatoms. The van der Waals surface area contributed by atoms with E-state index in [1.165, 1.54) is 6.92 Å². The van der Waals surface area contributed by atoms with Crippen molar-refractivity contribution in [1.82, 2.24) is 15.0 Å². The summed E-state index contributed by atoms with van der Waals surface area (Å²) >= 11 is 4.68. The highest BCUT2D eigenvalue weighted by molar-refractivity contribution is 7.80. The minimum atomic E-state index is -0.626. The fourth-order valence-corrected chi connectivity index (χ4v) is 3.66. The number of pyridine rings is 1. The van der Waals surface area contributed by atoms with E-state index >= 15 is 0 Å². The molecule has 0 saturated carbocycles. The smallest absolute Gasteiger partial charge is 0.306 e. The number of benzene rings is 1. The summed E-state index contributed by atoms with van der Waals surface area (Å²) < 4.78 is 5.36. The molecule has 0 saturated heterocycles. The molecule has 3 aromatic rings. The maximum absolute atomic E-state index is 12.1. The number of nitrogens with one attached hydrogen (secondary N) is 1. The number of nitrogens with zero attached hydrogens (tertiary/aromatic N) is 4. The highest BCUT2D eigenvalue weighted by Crippen LogP contribution is 2.31. The van der Waals surface area contributed by atoms with Crippen LogP contribution in [0.3, 0.4) is 0 Å². The molecule has 2 aromatic heterocycles. The number of anilines is 2. The van der Waals surface area contributed by atoms with E-state index in [0.717, 1.165) is 0 Å². The molecule has 36 heavy (non-hydrogen) atoms. The van der Waals surface area contributed by atoms with Crippen molar-refractivity contribution in [2.75, 3.05) is 11.1 Å². The SMILES string of the molecule is CC(=O)Nc1ccc(-c2nc(C(S)c3cccc(CCC(=O)OC(C)(C)C)n3)nc(N)c2C#N)cc1. The fraction of sp³-hybridized carbons (Fsp3) is 0.308. The number of esters is 1. The number of hydrogen-bond acceptors (Lipinski definition) is 9. The second kappa shape index (κ2) is 11.2. The number of amides is 1. The van der Waals surface area contributed by atoms with Crippen LogP contribution in [-0.4, -0.2) is 32.4 Å². The average Bonchev–Trinajstić information content (AvgIpc) is 2.81. The van der Waals surface area contributed by atoms with Crippen molar-refractivity contribution in [2.24, 2.45) is 0 Å².